The van der Waals surface area contributed by atoms with Gasteiger partial charge in [0.2, 0.25) is 0 Å². The number of nitrogens with zero attached hydrogens (tertiary/aromatic N) is 1. The van der Waals surface area contributed by atoms with Gasteiger partial charge in [-0.3, -0.25) is 4.90 Å². The smallest absolute Gasteiger partial charge is 0.258 e. The van der Waals surface area contributed by atoms with Crippen LogP contribution >= 0.6 is 31.9 Å². The number of halogens is 4. The third kappa shape index (κ3) is 3.45. The first kappa shape index (κ1) is 15.2. The van der Waals surface area contributed by atoms with Gasteiger partial charge >= 0.3 is 0 Å². The number of nitrogens with one attached hydrogen (secondary N) is 1. The van der Waals surface area contributed by atoms with Crippen LogP contribution in [0, 0.1) is 0 Å². The predicted molar refractivity (Wildman–Crippen MR) is 76.7 cm³/mol. The van der Waals surface area contributed by atoms with Crippen LogP contribution in [0.4, 0.5) is 8.78 Å². The largest absolute Gasteiger partial charge is 0.506 e. The molecule has 106 valence electrons. The van der Waals surface area contributed by atoms with E-state index >= 15 is 0 Å². The lowest BCUT2D eigenvalue weighted by atomic mass is 10.0. The van der Waals surface area contributed by atoms with Crippen molar-refractivity contribution in [2.75, 3.05) is 26.2 Å². The van der Waals surface area contributed by atoms with Crippen LogP contribution in [-0.2, 0) is 0 Å². The lowest BCUT2D eigenvalue weighted by Crippen LogP contribution is -2.46. The summed E-state index contributed by atoms with van der Waals surface area (Å²) >= 11 is 6.45. The molecule has 1 aromatic carbocycles. The highest BCUT2D eigenvalue weighted by Gasteiger charge is 2.32. The van der Waals surface area contributed by atoms with Crippen LogP contribution in [0.5, 0.6) is 5.75 Å². The fourth-order valence-electron chi connectivity index (χ4n) is 2.26. The molecule has 0 unspecified atom stereocenters. The molecule has 0 aromatic heterocycles. The van der Waals surface area contributed by atoms with Gasteiger partial charge < -0.3 is 10.4 Å². The summed E-state index contributed by atoms with van der Waals surface area (Å²) in [4.78, 5) is 1.70. The van der Waals surface area contributed by atoms with Crippen molar-refractivity contribution in [3.63, 3.8) is 0 Å². The average Bonchev–Trinajstić information content (AvgIpc) is 2.36. The summed E-state index contributed by atoms with van der Waals surface area (Å²) < 4.78 is 27.9. The van der Waals surface area contributed by atoms with Crippen LogP contribution in [-0.4, -0.2) is 42.6 Å². The first-order chi connectivity index (χ1) is 9.00. The Hall–Kier alpha value is -0.240. The maximum Gasteiger partial charge on any atom is 0.258 e. The summed E-state index contributed by atoms with van der Waals surface area (Å²) in [6.45, 7) is 2.44. The Morgan fingerprint density at radius 1 is 1.21 bits per heavy atom. The van der Waals surface area contributed by atoms with Gasteiger partial charge in [-0.25, -0.2) is 8.78 Å². The number of hydrogen-bond donors (Lipinski definition) is 2. The second-order valence-electron chi connectivity index (χ2n) is 4.39. The second kappa shape index (κ2) is 6.47. The normalized spacial score (nSPS) is 18.8. The van der Waals surface area contributed by atoms with Gasteiger partial charge in [0, 0.05) is 36.2 Å². The molecule has 2 rings (SSSR count). The first-order valence-electron chi connectivity index (χ1n) is 5.91. The van der Waals surface area contributed by atoms with E-state index in [0.29, 0.717) is 35.1 Å². The summed E-state index contributed by atoms with van der Waals surface area (Å²) in [6, 6.07) is 2.11. The van der Waals surface area contributed by atoms with Crippen molar-refractivity contribution >= 4 is 31.9 Å². The van der Waals surface area contributed by atoms with Crippen molar-refractivity contribution < 1.29 is 13.9 Å². The lowest BCUT2D eigenvalue weighted by molar-refractivity contribution is 0.0169. The molecule has 1 aromatic rings. The van der Waals surface area contributed by atoms with Crippen molar-refractivity contribution in [1.29, 1.82) is 0 Å². The van der Waals surface area contributed by atoms with Crippen molar-refractivity contribution in [2.24, 2.45) is 0 Å². The van der Waals surface area contributed by atoms with Crippen LogP contribution in [0.2, 0.25) is 0 Å². The van der Waals surface area contributed by atoms with Crippen LogP contribution in [0.1, 0.15) is 11.6 Å². The highest BCUT2D eigenvalue weighted by atomic mass is 79.9. The lowest BCUT2D eigenvalue weighted by Gasteiger charge is -2.35. The minimum absolute atomic E-state index is 0.118. The minimum atomic E-state index is -2.55. The van der Waals surface area contributed by atoms with Gasteiger partial charge in [-0.1, -0.05) is 15.9 Å². The molecule has 0 bridgehead atoms. The Labute approximate surface area is 127 Å². The van der Waals surface area contributed by atoms with Gasteiger partial charge in [0.25, 0.3) is 6.43 Å². The Morgan fingerprint density at radius 2 is 1.84 bits per heavy atom. The highest BCUT2D eigenvalue weighted by molar-refractivity contribution is 9.11. The van der Waals surface area contributed by atoms with Gasteiger partial charge in [0.05, 0.1) is 4.47 Å². The molecule has 0 radical (unpaired) electrons. The zero-order valence-electron chi connectivity index (χ0n) is 10.0. The molecule has 0 saturated carbocycles. The van der Waals surface area contributed by atoms with Crippen molar-refractivity contribution in [3.05, 3.63) is 26.6 Å². The second-order valence-corrected chi connectivity index (χ2v) is 6.16. The third-order valence-corrected chi connectivity index (χ3v) is 4.22. The number of benzene rings is 1. The molecule has 0 aliphatic carbocycles. The topological polar surface area (TPSA) is 35.5 Å². The van der Waals surface area contributed by atoms with Crippen LogP contribution in [0.25, 0.3) is 0 Å². The van der Waals surface area contributed by atoms with Gasteiger partial charge in [-0.05, 0) is 28.1 Å². The van der Waals surface area contributed by atoms with Crippen molar-refractivity contribution in [1.82, 2.24) is 10.2 Å². The van der Waals surface area contributed by atoms with E-state index in [1.807, 2.05) is 0 Å². The summed E-state index contributed by atoms with van der Waals surface area (Å²) in [5.74, 6) is -0.118. The van der Waals surface area contributed by atoms with Crippen LogP contribution in [0.3, 0.4) is 0 Å². The average molecular weight is 400 g/mol. The Morgan fingerprint density at radius 3 is 2.42 bits per heavy atom. The number of alkyl halides is 2. The number of phenols is 1. The highest BCUT2D eigenvalue weighted by Crippen LogP contribution is 2.39. The van der Waals surface area contributed by atoms with E-state index < -0.39 is 12.5 Å². The molecule has 1 saturated heterocycles. The number of phenolic OH excluding ortho intramolecular Hbond substituents is 1. The van der Waals surface area contributed by atoms with Gasteiger partial charge in [-0.15, -0.1) is 0 Å². The molecule has 1 fully saturated rings. The predicted octanol–water partition coefficient (Wildman–Crippen LogP) is 3.13. The van der Waals surface area contributed by atoms with Crippen LogP contribution in [0.15, 0.2) is 21.1 Å². The first-order valence-corrected chi connectivity index (χ1v) is 7.50. The number of rotatable bonds is 3. The minimum Gasteiger partial charge on any atom is -0.506 e. The molecule has 0 spiro atoms. The monoisotopic (exact) mass is 398 g/mol. The maximum atomic E-state index is 13.4. The SMILES string of the molecule is Oc1c(Br)cc(Br)cc1[C@H](C(F)F)N1CCNCC1. The zero-order valence-corrected chi connectivity index (χ0v) is 13.2. The van der Waals surface area contributed by atoms with Gasteiger partial charge in [0.1, 0.15) is 11.8 Å². The van der Waals surface area contributed by atoms with Gasteiger partial charge in [-0.2, -0.15) is 0 Å². The van der Waals surface area contributed by atoms with Crippen molar-refractivity contribution in [2.45, 2.75) is 12.5 Å². The Balaban J connectivity index is 2.38. The van der Waals surface area contributed by atoms with E-state index in [0.717, 1.165) is 0 Å². The standard InChI is InChI=1S/C12H14Br2F2N2O/c13-7-5-8(11(19)9(14)6-7)10(12(15)16)18-3-1-17-2-4-18/h5-6,10,12,17,19H,1-4H2/t10-/m1/s1. The van der Waals surface area contributed by atoms with Crippen molar-refractivity contribution in [3.8, 4) is 5.75 Å². The molecular weight excluding hydrogens is 386 g/mol. The summed E-state index contributed by atoms with van der Waals surface area (Å²) in [6.07, 6.45) is -2.55. The van der Waals surface area contributed by atoms with E-state index in [1.165, 1.54) is 0 Å². The fourth-order valence-corrected chi connectivity index (χ4v) is 3.52. The fraction of sp³-hybridized carbons (Fsp3) is 0.500. The van der Waals surface area contributed by atoms with E-state index in [-0.39, 0.29) is 11.3 Å². The summed E-state index contributed by atoms with van der Waals surface area (Å²) in [5.41, 5.74) is 0.248. The molecular formula is C12H14Br2F2N2O. The molecule has 1 atom stereocenters. The van der Waals surface area contributed by atoms with Crippen LogP contribution < -0.4 is 5.32 Å². The summed E-state index contributed by atoms with van der Waals surface area (Å²) in [7, 11) is 0. The summed E-state index contributed by atoms with van der Waals surface area (Å²) in [5, 5.41) is 13.2. The molecule has 7 heteroatoms. The molecule has 1 heterocycles. The van der Waals surface area contributed by atoms with Gasteiger partial charge in [0.15, 0.2) is 0 Å². The van der Waals surface area contributed by atoms with E-state index in [4.69, 9.17) is 0 Å². The number of aromatic hydroxyl groups is 1. The van der Waals surface area contributed by atoms with E-state index in [1.54, 1.807) is 17.0 Å². The third-order valence-electron chi connectivity index (χ3n) is 3.16. The molecule has 19 heavy (non-hydrogen) atoms. The maximum absolute atomic E-state index is 13.4. The molecule has 1 aliphatic rings. The molecule has 2 N–H and O–H groups in total. The quantitative estimate of drug-likeness (QED) is 0.819. The number of piperazine rings is 1. The zero-order chi connectivity index (χ0) is 14.0. The Bertz CT molecular complexity index is 454. The molecule has 1 aliphatic heterocycles. The molecule has 3 nitrogen and oxygen atoms in total. The Kier molecular flexibility index (Phi) is 5.16. The number of hydrogen-bond acceptors (Lipinski definition) is 3. The van der Waals surface area contributed by atoms with E-state index in [9.17, 15) is 13.9 Å². The van der Waals surface area contributed by atoms with E-state index in [2.05, 4.69) is 37.2 Å². The molecule has 0 amide bonds.